The van der Waals surface area contributed by atoms with Crippen molar-refractivity contribution in [1.82, 2.24) is 9.80 Å². The van der Waals surface area contributed by atoms with Crippen molar-refractivity contribution in [1.29, 1.82) is 0 Å². The molecular formula is C23H23N3O7. The van der Waals surface area contributed by atoms with E-state index in [2.05, 4.69) is 0 Å². The van der Waals surface area contributed by atoms with Gasteiger partial charge in [0.2, 0.25) is 0 Å². The van der Waals surface area contributed by atoms with E-state index < -0.39 is 22.7 Å². The molecule has 0 bridgehead atoms. The Hall–Kier alpha value is -3.92. The zero-order valence-corrected chi connectivity index (χ0v) is 18.2. The van der Waals surface area contributed by atoms with Crippen LogP contribution in [0.1, 0.15) is 17.2 Å². The van der Waals surface area contributed by atoms with Crippen molar-refractivity contribution in [2.75, 3.05) is 40.4 Å². The van der Waals surface area contributed by atoms with Gasteiger partial charge in [0, 0.05) is 30.8 Å². The molecule has 10 nitrogen and oxygen atoms in total. The molecule has 2 aliphatic rings. The molecule has 33 heavy (non-hydrogen) atoms. The van der Waals surface area contributed by atoms with Crippen LogP contribution in [0, 0.1) is 10.1 Å². The second-order valence-electron chi connectivity index (χ2n) is 8.00. The summed E-state index contributed by atoms with van der Waals surface area (Å²) >= 11 is 0. The van der Waals surface area contributed by atoms with Crippen LogP contribution in [0.4, 0.5) is 5.69 Å². The Morgan fingerprint density at radius 2 is 1.79 bits per heavy atom. The number of hydrogen-bond acceptors (Lipinski definition) is 8. The average Bonchev–Trinajstić information content (AvgIpc) is 3.06. The van der Waals surface area contributed by atoms with Crippen molar-refractivity contribution < 1.29 is 29.1 Å². The summed E-state index contributed by atoms with van der Waals surface area (Å²) in [7, 11) is 3.68. The lowest BCUT2D eigenvalue weighted by atomic mass is 9.95. The van der Waals surface area contributed by atoms with Gasteiger partial charge in [0.05, 0.1) is 16.5 Å². The number of carbonyl (C=O) groups excluding carboxylic acids is 2. The predicted octanol–water partition coefficient (Wildman–Crippen LogP) is 2.35. The lowest BCUT2D eigenvalue weighted by Gasteiger charge is -2.26. The van der Waals surface area contributed by atoms with E-state index in [9.17, 15) is 24.8 Å². The van der Waals surface area contributed by atoms with E-state index in [1.54, 1.807) is 18.2 Å². The number of fused-ring (bicyclic) bond motifs is 1. The number of aliphatic hydroxyl groups is 1. The number of nitro benzene ring substituents is 1. The number of carbonyl (C=O) groups is 2. The fourth-order valence-corrected chi connectivity index (χ4v) is 3.89. The standard InChI is InChI=1S/C23H23N3O7/c1-24(2)9-10-25-20(14-3-6-16(7-4-14)26(30)31)19(22(28)23(25)29)21(27)15-5-8-17-18(13-15)33-12-11-32-17/h3-8,13,20,27H,9-12H2,1-2H3. The van der Waals surface area contributed by atoms with Gasteiger partial charge >= 0.3 is 0 Å². The van der Waals surface area contributed by atoms with Gasteiger partial charge in [-0.05, 0) is 50.0 Å². The fraction of sp³-hybridized carbons (Fsp3) is 0.304. The highest BCUT2D eigenvalue weighted by Crippen LogP contribution is 2.41. The second kappa shape index (κ2) is 8.91. The van der Waals surface area contributed by atoms with Crippen molar-refractivity contribution in [3.63, 3.8) is 0 Å². The molecule has 0 aliphatic carbocycles. The minimum Gasteiger partial charge on any atom is -0.507 e. The van der Waals surface area contributed by atoms with E-state index in [4.69, 9.17) is 9.47 Å². The van der Waals surface area contributed by atoms with Gasteiger partial charge in [-0.25, -0.2) is 0 Å². The largest absolute Gasteiger partial charge is 0.507 e. The number of nitro groups is 1. The first-order valence-electron chi connectivity index (χ1n) is 10.4. The molecule has 1 saturated heterocycles. The zero-order valence-electron chi connectivity index (χ0n) is 18.2. The molecule has 1 N–H and O–H groups in total. The Morgan fingerprint density at radius 3 is 2.42 bits per heavy atom. The molecule has 1 atom stereocenters. The number of benzene rings is 2. The molecule has 0 radical (unpaired) electrons. The van der Waals surface area contributed by atoms with E-state index in [-0.39, 0.29) is 23.6 Å². The molecule has 2 aromatic carbocycles. The molecule has 172 valence electrons. The van der Waals surface area contributed by atoms with Gasteiger partial charge in [-0.15, -0.1) is 0 Å². The minimum atomic E-state index is -0.890. The monoisotopic (exact) mass is 453 g/mol. The first-order valence-corrected chi connectivity index (χ1v) is 10.4. The van der Waals surface area contributed by atoms with Gasteiger partial charge in [0.15, 0.2) is 11.5 Å². The third-order valence-electron chi connectivity index (χ3n) is 5.56. The van der Waals surface area contributed by atoms with Crippen LogP contribution in [0.2, 0.25) is 0 Å². The number of hydrogen-bond donors (Lipinski definition) is 1. The van der Waals surface area contributed by atoms with E-state index in [1.165, 1.54) is 29.2 Å². The Kier molecular flexibility index (Phi) is 6.01. The van der Waals surface area contributed by atoms with Gasteiger partial charge in [0.1, 0.15) is 19.0 Å². The minimum absolute atomic E-state index is 0.0794. The Labute approximate surface area is 189 Å². The molecular weight excluding hydrogens is 430 g/mol. The van der Waals surface area contributed by atoms with Crippen LogP contribution in [0.5, 0.6) is 11.5 Å². The van der Waals surface area contributed by atoms with Crippen LogP contribution >= 0.6 is 0 Å². The SMILES string of the molecule is CN(C)CCN1C(=O)C(=O)C(=C(O)c2ccc3c(c2)OCCO3)C1c1ccc([N+](=O)[O-])cc1. The maximum absolute atomic E-state index is 13.0. The van der Waals surface area contributed by atoms with Crippen molar-refractivity contribution >= 4 is 23.1 Å². The first-order chi connectivity index (χ1) is 15.8. The number of rotatable bonds is 6. The summed E-state index contributed by atoms with van der Waals surface area (Å²) in [6.45, 7) is 1.49. The molecule has 2 aromatic rings. The summed E-state index contributed by atoms with van der Waals surface area (Å²) in [5.74, 6) is -0.944. The van der Waals surface area contributed by atoms with E-state index in [1.807, 2.05) is 19.0 Å². The van der Waals surface area contributed by atoms with E-state index in [0.717, 1.165) is 0 Å². The number of non-ortho nitro benzene ring substituents is 1. The molecule has 2 heterocycles. The molecule has 0 spiro atoms. The molecule has 0 saturated carbocycles. The van der Waals surface area contributed by atoms with Crippen molar-refractivity contribution in [2.24, 2.45) is 0 Å². The lowest BCUT2D eigenvalue weighted by molar-refractivity contribution is -0.384. The molecule has 2 aliphatic heterocycles. The number of likely N-dealkylation sites (tertiary alicyclic amines) is 1. The second-order valence-corrected chi connectivity index (χ2v) is 8.00. The van der Waals surface area contributed by atoms with Gasteiger partial charge in [0.25, 0.3) is 17.4 Å². The molecule has 1 fully saturated rings. The summed E-state index contributed by atoms with van der Waals surface area (Å²) < 4.78 is 11.1. The van der Waals surface area contributed by atoms with E-state index in [0.29, 0.717) is 42.4 Å². The number of aliphatic hydroxyl groups excluding tert-OH is 1. The van der Waals surface area contributed by atoms with Crippen molar-refractivity contribution in [3.8, 4) is 11.5 Å². The zero-order chi connectivity index (χ0) is 23.7. The Balaban J connectivity index is 1.81. The number of amides is 1. The van der Waals surface area contributed by atoms with E-state index >= 15 is 0 Å². The maximum atomic E-state index is 13.0. The topological polar surface area (TPSA) is 122 Å². The quantitative estimate of drug-likeness (QED) is 0.233. The van der Waals surface area contributed by atoms with Gasteiger partial charge < -0.3 is 24.4 Å². The molecule has 1 unspecified atom stereocenters. The van der Waals surface area contributed by atoms with Crippen LogP contribution in [-0.2, 0) is 9.59 Å². The average molecular weight is 453 g/mol. The number of Topliss-reactive ketones (excluding diaryl/α,β-unsaturated/α-hetero) is 1. The van der Waals surface area contributed by atoms with Crippen molar-refractivity contribution in [3.05, 3.63) is 69.3 Å². The normalized spacial score (nSPS) is 19.2. The number of ether oxygens (including phenoxy) is 2. The van der Waals surface area contributed by atoms with Crippen LogP contribution in [0.15, 0.2) is 48.0 Å². The summed E-state index contributed by atoms with van der Waals surface area (Å²) in [6, 6.07) is 9.50. The smallest absolute Gasteiger partial charge is 0.295 e. The van der Waals surface area contributed by atoms with Gasteiger partial charge in [-0.1, -0.05) is 0 Å². The molecule has 4 rings (SSSR count). The third-order valence-corrected chi connectivity index (χ3v) is 5.56. The summed E-state index contributed by atoms with van der Waals surface area (Å²) in [5.41, 5.74) is 0.592. The molecule has 0 aromatic heterocycles. The molecule has 1 amide bonds. The number of nitrogens with zero attached hydrogens (tertiary/aromatic N) is 3. The number of likely N-dealkylation sites (N-methyl/N-ethyl adjacent to an activating group) is 1. The highest BCUT2D eigenvalue weighted by atomic mass is 16.6. The highest BCUT2D eigenvalue weighted by molar-refractivity contribution is 6.46. The van der Waals surface area contributed by atoms with Crippen LogP contribution in [0.25, 0.3) is 5.76 Å². The summed E-state index contributed by atoms with van der Waals surface area (Å²) in [4.78, 5) is 39.7. The van der Waals surface area contributed by atoms with Crippen LogP contribution < -0.4 is 9.47 Å². The maximum Gasteiger partial charge on any atom is 0.295 e. The Morgan fingerprint density at radius 1 is 1.12 bits per heavy atom. The third kappa shape index (κ3) is 4.24. The number of ketones is 1. The highest BCUT2D eigenvalue weighted by Gasteiger charge is 2.46. The van der Waals surface area contributed by atoms with Gasteiger partial charge in [-0.3, -0.25) is 19.7 Å². The lowest BCUT2D eigenvalue weighted by Crippen LogP contribution is -2.35. The summed E-state index contributed by atoms with van der Waals surface area (Å²) in [5, 5.41) is 22.2. The summed E-state index contributed by atoms with van der Waals surface area (Å²) in [6.07, 6.45) is 0. The van der Waals surface area contributed by atoms with Gasteiger partial charge in [-0.2, -0.15) is 0 Å². The fourth-order valence-electron chi connectivity index (χ4n) is 3.89. The van der Waals surface area contributed by atoms with Crippen LogP contribution in [-0.4, -0.2) is 71.9 Å². The Bertz CT molecular complexity index is 1140. The molecule has 10 heteroatoms. The van der Waals surface area contributed by atoms with Crippen molar-refractivity contribution in [2.45, 2.75) is 6.04 Å². The predicted molar refractivity (Wildman–Crippen MR) is 118 cm³/mol. The van der Waals surface area contributed by atoms with Crippen LogP contribution in [0.3, 0.4) is 0 Å². The first kappa shape index (κ1) is 22.3.